The van der Waals surface area contributed by atoms with Crippen LogP contribution < -0.4 is 5.46 Å². The predicted octanol–water partition coefficient (Wildman–Crippen LogP) is 2.98. The van der Waals surface area contributed by atoms with Crippen LogP contribution in [-0.4, -0.2) is 23.3 Å². The van der Waals surface area contributed by atoms with Crippen molar-refractivity contribution in [2.24, 2.45) is 0 Å². The van der Waals surface area contributed by atoms with Gasteiger partial charge in [0.1, 0.15) is 11.3 Å². The van der Waals surface area contributed by atoms with Crippen molar-refractivity contribution < 1.29 is 13.7 Å². The Bertz CT molecular complexity index is 699. The standard InChI is InChI=1S/C16H19BFNO2/c1-10-6-11-8-12(9-19-14(11)13(18)7-10)17-20-15(2,3)16(4,5)21-17/h6-9H,1-5H3. The van der Waals surface area contributed by atoms with Gasteiger partial charge in [-0.2, -0.15) is 0 Å². The van der Waals surface area contributed by atoms with Gasteiger partial charge in [0.05, 0.1) is 11.2 Å². The number of pyridine rings is 1. The zero-order valence-corrected chi connectivity index (χ0v) is 13.0. The summed E-state index contributed by atoms with van der Waals surface area (Å²) in [7, 11) is -0.476. The highest BCUT2D eigenvalue weighted by atomic mass is 19.1. The first-order valence-corrected chi connectivity index (χ1v) is 7.11. The van der Waals surface area contributed by atoms with Crippen LogP contribution in [0.15, 0.2) is 24.4 Å². The van der Waals surface area contributed by atoms with Gasteiger partial charge in [-0.1, -0.05) is 6.07 Å². The van der Waals surface area contributed by atoms with E-state index in [4.69, 9.17) is 9.31 Å². The van der Waals surface area contributed by atoms with Crippen molar-refractivity contribution in [3.8, 4) is 0 Å². The second-order valence-corrected chi connectivity index (χ2v) is 6.68. The molecule has 0 N–H and O–H groups in total. The average molecular weight is 287 g/mol. The van der Waals surface area contributed by atoms with Crippen molar-refractivity contribution in [3.63, 3.8) is 0 Å². The first kappa shape index (κ1) is 14.5. The minimum absolute atomic E-state index is 0.300. The number of hydrogen-bond acceptors (Lipinski definition) is 3. The molecule has 3 nitrogen and oxygen atoms in total. The number of aromatic nitrogens is 1. The Hall–Kier alpha value is -1.46. The molecule has 0 spiro atoms. The lowest BCUT2D eigenvalue weighted by Crippen LogP contribution is -2.41. The molecule has 5 heteroatoms. The normalized spacial score (nSPS) is 20.2. The fraction of sp³-hybridized carbons (Fsp3) is 0.438. The van der Waals surface area contributed by atoms with E-state index in [1.807, 2.05) is 46.8 Å². The summed E-state index contributed by atoms with van der Waals surface area (Å²) in [4.78, 5) is 4.23. The van der Waals surface area contributed by atoms with Gasteiger partial charge in [0.15, 0.2) is 0 Å². The van der Waals surface area contributed by atoms with Crippen molar-refractivity contribution in [1.29, 1.82) is 0 Å². The zero-order valence-electron chi connectivity index (χ0n) is 13.0. The van der Waals surface area contributed by atoms with Crippen LogP contribution in [0.1, 0.15) is 33.3 Å². The van der Waals surface area contributed by atoms with Crippen LogP contribution in [0, 0.1) is 12.7 Å². The first-order valence-electron chi connectivity index (χ1n) is 7.11. The van der Waals surface area contributed by atoms with Crippen LogP contribution in [-0.2, 0) is 9.31 Å². The molecule has 0 bridgehead atoms. The van der Waals surface area contributed by atoms with Crippen LogP contribution in [0.5, 0.6) is 0 Å². The zero-order chi connectivity index (χ0) is 15.4. The maximum absolute atomic E-state index is 13.9. The van der Waals surface area contributed by atoms with E-state index in [0.717, 1.165) is 16.4 Å². The molecule has 0 atom stereocenters. The Morgan fingerprint density at radius 1 is 1.05 bits per heavy atom. The summed E-state index contributed by atoms with van der Waals surface area (Å²) in [5.74, 6) is -0.300. The highest BCUT2D eigenvalue weighted by molar-refractivity contribution is 6.62. The Morgan fingerprint density at radius 3 is 2.29 bits per heavy atom. The summed E-state index contributed by atoms with van der Waals surface area (Å²) in [5.41, 5.74) is 1.26. The van der Waals surface area contributed by atoms with Gasteiger partial charge in [-0.05, 0) is 52.3 Å². The second kappa shape index (κ2) is 4.52. The minimum atomic E-state index is -0.476. The average Bonchev–Trinajstić information content (AvgIpc) is 2.57. The van der Waals surface area contributed by atoms with Gasteiger partial charge in [-0.25, -0.2) is 4.39 Å². The van der Waals surface area contributed by atoms with E-state index in [0.29, 0.717) is 5.52 Å². The fourth-order valence-corrected chi connectivity index (χ4v) is 2.47. The number of hydrogen-bond donors (Lipinski definition) is 0. The van der Waals surface area contributed by atoms with E-state index in [2.05, 4.69) is 4.98 Å². The minimum Gasteiger partial charge on any atom is -0.399 e. The third kappa shape index (κ3) is 2.34. The topological polar surface area (TPSA) is 31.4 Å². The van der Waals surface area contributed by atoms with Crippen LogP contribution in [0.3, 0.4) is 0 Å². The maximum atomic E-state index is 13.9. The van der Waals surface area contributed by atoms with Crippen LogP contribution in [0.2, 0.25) is 0 Å². The molecular weight excluding hydrogens is 268 g/mol. The van der Waals surface area contributed by atoms with Crippen molar-refractivity contribution in [1.82, 2.24) is 4.98 Å². The molecule has 1 aliphatic heterocycles. The van der Waals surface area contributed by atoms with Crippen molar-refractivity contribution in [2.45, 2.75) is 45.8 Å². The van der Waals surface area contributed by atoms with E-state index in [1.54, 1.807) is 6.20 Å². The number of fused-ring (bicyclic) bond motifs is 1. The maximum Gasteiger partial charge on any atom is 0.496 e. The van der Waals surface area contributed by atoms with E-state index < -0.39 is 18.3 Å². The molecule has 3 rings (SSSR count). The molecule has 0 radical (unpaired) electrons. The first-order chi connectivity index (χ1) is 9.69. The summed E-state index contributed by atoms with van der Waals surface area (Å²) in [6, 6.07) is 5.30. The summed E-state index contributed by atoms with van der Waals surface area (Å²) in [6.45, 7) is 9.89. The molecule has 0 aliphatic carbocycles. The number of nitrogens with zero attached hydrogens (tertiary/aromatic N) is 1. The Labute approximate surface area is 124 Å². The molecule has 0 amide bonds. The number of halogens is 1. The molecule has 21 heavy (non-hydrogen) atoms. The molecule has 1 aromatic heterocycles. The van der Waals surface area contributed by atoms with E-state index in [-0.39, 0.29) is 5.82 Å². The summed E-state index contributed by atoms with van der Waals surface area (Å²) >= 11 is 0. The monoisotopic (exact) mass is 287 g/mol. The summed E-state index contributed by atoms with van der Waals surface area (Å²) in [5, 5.41) is 0.764. The molecular formula is C16H19BFNO2. The summed E-state index contributed by atoms with van der Waals surface area (Å²) in [6.07, 6.45) is 1.63. The third-order valence-electron chi connectivity index (χ3n) is 4.43. The Kier molecular flexibility index (Phi) is 3.12. The lowest BCUT2D eigenvalue weighted by atomic mass is 9.79. The molecule has 1 aliphatic rings. The van der Waals surface area contributed by atoms with Crippen molar-refractivity contribution in [2.75, 3.05) is 0 Å². The molecule has 1 fully saturated rings. The van der Waals surface area contributed by atoms with Crippen molar-refractivity contribution >= 4 is 23.5 Å². The Balaban J connectivity index is 2.03. The molecule has 2 heterocycles. The van der Waals surface area contributed by atoms with Gasteiger partial charge >= 0.3 is 7.12 Å². The van der Waals surface area contributed by atoms with E-state index >= 15 is 0 Å². The smallest absolute Gasteiger partial charge is 0.399 e. The van der Waals surface area contributed by atoms with Gasteiger partial charge in [-0.15, -0.1) is 0 Å². The third-order valence-corrected chi connectivity index (χ3v) is 4.43. The Morgan fingerprint density at radius 2 is 1.67 bits per heavy atom. The van der Waals surface area contributed by atoms with Gasteiger partial charge in [0.2, 0.25) is 0 Å². The fourth-order valence-electron chi connectivity index (χ4n) is 2.47. The molecule has 0 saturated carbocycles. The van der Waals surface area contributed by atoms with Crippen molar-refractivity contribution in [3.05, 3.63) is 35.8 Å². The summed E-state index contributed by atoms with van der Waals surface area (Å²) < 4.78 is 25.9. The quantitative estimate of drug-likeness (QED) is 0.756. The number of aryl methyl sites for hydroxylation is 1. The van der Waals surface area contributed by atoms with Gasteiger partial charge in [-0.3, -0.25) is 4.98 Å². The molecule has 2 aromatic rings. The second-order valence-electron chi connectivity index (χ2n) is 6.68. The van der Waals surface area contributed by atoms with Gasteiger partial charge < -0.3 is 9.31 Å². The number of rotatable bonds is 1. The van der Waals surface area contributed by atoms with Crippen LogP contribution in [0.25, 0.3) is 10.9 Å². The molecule has 1 aromatic carbocycles. The molecule has 110 valence electrons. The van der Waals surface area contributed by atoms with Crippen LogP contribution >= 0.6 is 0 Å². The number of benzene rings is 1. The highest BCUT2D eigenvalue weighted by Crippen LogP contribution is 2.36. The lowest BCUT2D eigenvalue weighted by Gasteiger charge is -2.32. The molecule has 0 unspecified atom stereocenters. The largest absolute Gasteiger partial charge is 0.496 e. The van der Waals surface area contributed by atoms with Gasteiger partial charge in [0.25, 0.3) is 0 Å². The highest BCUT2D eigenvalue weighted by Gasteiger charge is 2.51. The van der Waals surface area contributed by atoms with E-state index in [1.165, 1.54) is 6.07 Å². The lowest BCUT2D eigenvalue weighted by molar-refractivity contribution is 0.00578. The van der Waals surface area contributed by atoms with Crippen LogP contribution in [0.4, 0.5) is 4.39 Å². The SMILES string of the molecule is Cc1cc(F)c2ncc(B3OC(C)(C)C(C)(C)O3)cc2c1. The predicted molar refractivity (Wildman–Crippen MR) is 82.2 cm³/mol. The van der Waals surface area contributed by atoms with E-state index in [9.17, 15) is 4.39 Å². The van der Waals surface area contributed by atoms with Gasteiger partial charge in [0, 0.05) is 17.0 Å². The molecule has 1 saturated heterocycles.